The van der Waals surface area contributed by atoms with Gasteiger partial charge in [0, 0.05) is 13.0 Å². The second-order valence-corrected chi connectivity index (χ2v) is 20.2. The summed E-state index contributed by atoms with van der Waals surface area (Å²) < 4.78 is 59.4. The number of carbonyl (C=O) groups excluding carboxylic acids is 1. The molecule has 6 atom stereocenters. The average molecular weight is 999 g/mol. The van der Waals surface area contributed by atoms with Gasteiger partial charge in [0.05, 0.1) is 19.8 Å². The highest BCUT2D eigenvalue weighted by Gasteiger charge is 2.48. The minimum Gasteiger partial charge on any atom is -0.457 e. The highest BCUT2D eigenvalue weighted by Crippen LogP contribution is 2.26. The lowest BCUT2D eigenvalue weighted by atomic mass is 9.99. The molecule has 12 nitrogen and oxygen atoms in total. The van der Waals surface area contributed by atoms with Crippen molar-refractivity contribution in [1.29, 1.82) is 0 Å². The molecule has 0 saturated carbocycles. The molecule has 0 aromatic heterocycles. The van der Waals surface area contributed by atoms with Crippen molar-refractivity contribution in [3.8, 4) is 0 Å². The molecule has 1 rings (SSSR count). The molecule has 13 heteroatoms. The van der Waals surface area contributed by atoms with Crippen LogP contribution in [0.15, 0.2) is 48.6 Å². The third kappa shape index (κ3) is 40.3. The van der Waals surface area contributed by atoms with Crippen LogP contribution in [0.5, 0.6) is 0 Å². The van der Waals surface area contributed by atoms with Crippen LogP contribution in [0.25, 0.3) is 0 Å². The summed E-state index contributed by atoms with van der Waals surface area (Å²) in [6.45, 7) is 3.98. The fraction of sp³-hybridized carbons (Fsp3) is 0.839. The molecular weight excluding hydrogens is 897 g/mol. The topological polar surface area (TPSA) is 178 Å². The van der Waals surface area contributed by atoms with E-state index in [9.17, 15) is 33.1 Å². The molecule has 0 spiro atoms. The van der Waals surface area contributed by atoms with E-state index in [4.69, 9.17) is 18.9 Å². The van der Waals surface area contributed by atoms with Gasteiger partial charge in [-0.15, -0.1) is 0 Å². The molecule has 1 saturated heterocycles. The van der Waals surface area contributed by atoms with Crippen LogP contribution in [-0.2, 0) is 38.3 Å². The van der Waals surface area contributed by atoms with Crippen LogP contribution in [0.2, 0.25) is 0 Å². The molecule has 0 aromatic rings. The number of hydrogen-bond acceptors (Lipinski definition) is 11. The fourth-order valence-corrected chi connectivity index (χ4v) is 8.95. The Hall–Kier alpha value is -1.94. The summed E-state index contributed by atoms with van der Waals surface area (Å²) in [5, 5.41) is 30.8. The predicted molar refractivity (Wildman–Crippen MR) is 280 cm³/mol. The first-order valence-corrected chi connectivity index (χ1v) is 29.3. The lowest BCUT2D eigenvalue weighted by Gasteiger charge is -2.41. The summed E-state index contributed by atoms with van der Waals surface area (Å²) in [6.07, 6.45) is 49.9. The largest absolute Gasteiger partial charge is 0.457 e. The minimum atomic E-state index is -5.07. The molecule has 4 N–H and O–H groups in total. The van der Waals surface area contributed by atoms with Crippen LogP contribution >= 0.6 is 0 Å². The number of esters is 1. The van der Waals surface area contributed by atoms with E-state index in [0.717, 1.165) is 57.8 Å². The van der Waals surface area contributed by atoms with E-state index in [1.54, 1.807) is 0 Å². The first-order chi connectivity index (χ1) is 33.6. The Balaban J connectivity index is 2.32. The van der Waals surface area contributed by atoms with Crippen molar-refractivity contribution in [3.05, 3.63) is 48.6 Å². The third-order valence-corrected chi connectivity index (χ3v) is 13.1. The van der Waals surface area contributed by atoms with E-state index in [-0.39, 0.29) is 19.6 Å². The predicted octanol–water partition coefficient (Wildman–Crippen LogP) is 13.5. The minimum absolute atomic E-state index is 0.0314. The SMILES string of the molecule is CCCCCC/C=C\C/C=C\CCCCCCCCCCOCC(COC1OC(CO)C(O)C(OS(=O)(=O)O)C1O)OC(=O)CCCCCCCCCCCCC/C=C\C/C=C\CCCCCCC. The Morgan fingerprint density at radius 1 is 0.551 bits per heavy atom. The Labute approximate surface area is 421 Å². The van der Waals surface area contributed by atoms with Gasteiger partial charge in [0.2, 0.25) is 0 Å². The van der Waals surface area contributed by atoms with Crippen molar-refractivity contribution >= 4 is 16.4 Å². The number of allylic oxidation sites excluding steroid dienone is 8. The number of aliphatic hydroxyl groups is 3. The zero-order chi connectivity index (χ0) is 50.3. The standard InChI is InChI=1S/C56H102O12S/c1-3-5-7-9-11-13-15-17-19-21-23-24-25-26-27-29-31-33-35-37-39-41-43-45-52(58)66-50(49-65-56-54(60)55(68-69(61,62)63)53(59)51(47-57)67-56)48-64-46-44-42-40-38-36-34-32-30-28-22-20-18-16-14-12-10-8-6-4-2/h14-17,20-23,50-51,53-57,59-60H,3-13,18-19,24-49H2,1-2H3,(H,61,62,63)/b16-14-,17-15-,22-20-,23-21-. The summed E-state index contributed by atoms with van der Waals surface area (Å²) in [5.41, 5.74) is 0. The van der Waals surface area contributed by atoms with Crippen molar-refractivity contribution in [2.24, 2.45) is 0 Å². The van der Waals surface area contributed by atoms with E-state index >= 15 is 0 Å². The first kappa shape index (κ1) is 65.1. The maximum atomic E-state index is 12.9. The smallest absolute Gasteiger partial charge is 0.397 e. The summed E-state index contributed by atoms with van der Waals surface area (Å²) >= 11 is 0. The zero-order valence-corrected chi connectivity index (χ0v) is 44.4. The van der Waals surface area contributed by atoms with Crippen LogP contribution in [0, 0.1) is 0 Å². The maximum absolute atomic E-state index is 12.9. The molecule has 69 heavy (non-hydrogen) atoms. The van der Waals surface area contributed by atoms with Gasteiger partial charge >= 0.3 is 16.4 Å². The van der Waals surface area contributed by atoms with Gasteiger partial charge in [0.15, 0.2) is 6.29 Å². The molecule has 1 aliphatic heterocycles. The number of hydrogen-bond donors (Lipinski definition) is 4. The van der Waals surface area contributed by atoms with Crippen LogP contribution in [0.3, 0.4) is 0 Å². The van der Waals surface area contributed by atoms with E-state index in [2.05, 4.69) is 66.6 Å². The highest BCUT2D eigenvalue weighted by atomic mass is 32.3. The zero-order valence-electron chi connectivity index (χ0n) is 43.6. The number of aliphatic hydroxyl groups excluding tert-OH is 3. The van der Waals surface area contributed by atoms with Gasteiger partial charge in [-0.2, -0.15) is 8.42 Å². The number of carbonyl (C=O) groups is 1. The van der Waals surface area contributed by atoms with E-state index in [1.807, 2.05) is 0 Å². The van der Waals surface area contributed by atoms with Gasteiger partial charge in [-0.25, -0.2) is 4.18 Å². The van der Waals surface area contributed by atoms with Gasteiger partial charge in [0.1, 0.15) is 30.5 Å². The second kappa shape index (κ2) is 47.1. The van der Waals surface area contributed by atoms with Crippen LogP contribution in [-0.4, -0.2) is 97.5 Å². The molecular formula is C56H102O12S. The summed E-state index contributed by atoms with van der Waals surface area (Å²) in [7, 11) is -5.07. The third-order valence-electron chi connectivity index (χ3n) is 12.7. The van der Waals surface area contributed by atoms with Crippen molar-refractivity contribution in [1.82, 2.24) is 0 Å². The summed E-state index contributed by atoms with van der Waals surface area (Å²) in [5.74, 6) is -0.402. The summed E-state index contributed by atoms with van der Waals surface area (Å²) in [4.78, 5) is 12.9. The molecule has 6 unspecified atom stereocenters. The monoisotopic (exact) mass is 999 g/mol. The quantitative estimate of drug-likeness (QED) is 0.0196. The Bertz CT molecular complexity index is 1380. The van der Waals surface area contributed by atoms with Crippen LogP contribution in [0.4, 0.5) is 0 Å². The Kier molecular flexibility index (Phi) is 44.4. The van der Waals surface area contributed by atoms with Gasteiger partial charge in [-0.1, -0.05) is 204 Å². The van der Waals surface area contributed by atoms with E-state index in [1.165, 1.54) is 154 Å². The molecule has 1 heterocycles. The number of unbranched alkanes of at least 4 members (excludes halogenated alkanes) is 28. The van der Waals surface area contributed by atoms with Crippen LogP contribution < -0.4 is 0 Å². The number of rotatable bonds is 49. The molecule has 0 radical (unpaired) electrons. The van der Waals surface area contributed by atoms with Crippen molar-refractivity contribution in [3.63, 3.8) is 0 Å². The van der Waals surface area contributed by atoms with Gasteiger partial charge in [-0.3, -0.25) is 9.35 Å². The van der Waals surface area contributed by atoms with Gasteiger partial charge < -0.3 is 34.3 Å². The highest BCUT2D eigenvalue weighted by molar-refractivity contribution is 7.80. The molecule has 0 aliphatic carbocycles. The van der Waals surface area contributed by atoms with E-state index in [0.29, 0.717) is 13.0 Å². The van der Waals surface area contributed by atoms with Gasteiger partial charge in [-0.05, 0) is 77.0 Å². The maximum Gasteiger partial charge on any atom is 0.397 e. The first-order valence-electron chi connectivity index (χ1n) is 27.9. The molecule has 0 aromatic carbocycles. The summed E-state index contributed by atoms with van der Waals surface area (Å²) in [6, 6.07) is 0. The van der Waals surface area contributed by atoms with Gasteiger partial charge in [0.25, 0.3) is 0 Å². The fourth-order valence-electron chi connectivity index (χ4n) is 8.44. The van der Waals surface area contributed by atoms with Crippen molar-refractivity contribution in [2.45, 2.75) is 275 Å². The molecule has 404 valence electrons. The number of ether oxygens (including phenoxy) is 4. The Morgan fingerprint density at radius 2 is 0.957 bits per heavy atom. The Morgan fingerprint density at radius 3 is 1.39 bits per heavy atom. The van der Waals surface area contributed by atoms with Crippen LogP contribution in [0.1, 0.15) is 239 Å². The normalized spacial score (nSPS) is 19.5. The second-order valence-electron chi connectivity index (χ2n) is 19.2. The van der Waals surface area contributed by atoms with Crippen molar-refractivity contribution < 1.29 is 56.2 Å². The molecule has 0 amide bonds. The molecule has 1 fully saturated rings. The lowest BCUT2D eigenvalue weighted by molar-refractivity contribution is -0.301. The molecule has 0 bridgehead atoms. The lowest BCUT2D eigenvalue weighted by Crippen LogP contribution is -2.60. The average Bonchev–Trinajstić information content (AvgIpc) is 3.32. The van der Waals surface area contributed by atoms with E-state index < -0.39 is 59.8 Å². The molecule has 1 aliphatic rings. The van der Waals surface area contributed by atoms with Crippen molar-refractivity contribution in [2.75, 3.05) is 26.4 Å².